The molecule has 1 aliphatic rings. The molecule has 1 amide bonds. The Labute approximate surface area is 105 Å². The maximum absolute atomic E-state index is 12.0. The van der Waals surface area contributed by atoms with Crippen LogP contribution in [0.3, 0.4) is 0 Å². The lowest BCUT2D eigenvalue weighted by Crippen LogP contribution is -2.31. The van der Waals surface area contributed by atoms with Gasteiger partial charge in [-0.2, -0.15) is 0 Å². The van der Waals surface area contributed by atoms with Crippen LogP contribution in [-0.4, -0.2) is 30.1 Å². The molecular formula is C14H16N2O2. The summed E-state index contributed by atoms with van der Waals surface area (Å²) >= 11 is 0. The highest BCUT2D eigenvalue weighted by atomic mass is 16.5. The predicted molar refractivity (Wildman–Crippen MR) is 69.6 cm³/mol. The number of fused-ring (bicyclic) bond motifs is 1. The predicted octanol–water partition coefficient (Wildman–Crippen LogP) is 2.08. The third-order valence-electron chi connectivity index (χ3n) is 3.33. The summed E-state index contributed by atoms with van der Waals surface area (Å²) in [6.07, 6.45) is 4.19. The fourth-order valence-corrected chi connectivity index (χ4v) is 2.30. The van der Waals surface area contributed by atoms with E-state index in [0.717, 1.165) is 30.4 Å². The molecule has 1 aliphatic heterocycles. The van der Waals surface area contributed by atoms with Gasteiger partial charge in [0.2, 0.25) is 0 Å². The Hall–Kier alpha value is -1.81. The summed E-state index contributed by atoms with van der Waals surface area (Å²) in [5.41, 5.74) is 1.67. The lowest BCUT2D eigenvalue weighted by molar-refractivity contribution is 0.0858. The number of rotatable bonds is 3. The molecule has 0 aliphatic carbocycles. The molecule has 18 heavy (non-hydrogen) atoms. The standard InChI is InChI=1S/C14H16N2O2/c17-14(16-9-12-2-1-7-18-12)11-4-3-10-5-6-15-13(10)8-11/h3-6,8,12,15H,1-2,7,9H2,(H,16,17)/t12-/m0/s1. The maximum Gasteiger partial charge on any atom is 0.251 e. The van der Waals surface area contributed by atoms with Gasteiger partial charge in [0.1, 0.15) is 0 Å². The first kappa shape index (κ1) is 11.3. The molecule has 3 rings (SSSR count). The van der Waals surface area contributed by atoms with Crippen LogP contribution in [0.5, 0.6) is 0 Å². The van der Waals surface area contributed by atoms with E-state index in [0.29, 0.717) is 12.1 Å². The molecule has 1 saturated heterocycles. The van der Waals surface area contributed by atoms with Gasteiger partial charge in [0.25, 0.3) is 5.91 Å². The highest BCUT2D eigenvalue weighted by molar-refractivity contribution is 5.97. The normalized spacial score (nSPS) is 19.2. The number of aromatic amines is 1. The van der Waals surface area contributed by atoms with Gasteiger partial charge in [-0.05, 0) is 36.4 Å². The summed E-state index contributed by atoms with van der Waals surface area (Å²) in [7, 11) is 0. The quantitative estimate of drug-likeness (QED) is 0.868. The first-order valence-electron chi connectivity index (χ1n) is 6.30. The van der Waals surface area contributed by atoms with Gasteiger partial charge in [0.05, 0.1) is 6.10 Å². The monoisotopic (exact) mass is 244 g/mol. The summed E-state index contributed by atoms with van der Waals surface area (Å²) in [6, 6.07) is 7.66. The SMILES string of the molecule is O=C(NC[C@@H]1CCCO1)c1ccc2cc[nH]c2c1. The third kappa shape index (κ3) is 2.24. The van der Waals surface area contributed by atoms with Gasteiger partial charge in [-0.25, -0.2) is 0 Å². The number of carbonyl (C=O) groups excluding carboxylic acids is 1. The first-order valence-corrected chi connectivity index (χ1v) is 6.30. The van der Waals surface area contributed by atoms with E-state index in [9.17, 15) is 4.79 Å². The minimum Gasteiger partial charge on any atom is -0.376 e. The number of hydrogen-bond donors (Lipinski definition) is 2. The zero-order chi connectivity index (χ0) is 12.4. The second-order valence-corrected chi connectivity index (χ2v) is 4.62. The van der Waals surface area contributed by atoms with Crippen LogP contribution < -0.4 is 5.32 Å². The number of hydrogen-bond acceptors (Lipinski definition) is 2. The molecule has 1 fully saturated rings. The molecule has 2 aromatic rings. The molecule has 0 radical (unpaired) electrons. The lowest BCUT2D eigenvalue weighted by atomic mass is 10.1. The molecular weight excluding hydrogens is 228 g/mol. The van der Waals surface area contributed by atoms with Gasteiger partial charge < -0.3 is 15.0 Å². The summed E-state index contributed by atoms with van der Waals surface area (Å²) in [4.78, 5) is 15.1. The summed E-state index contributed by atoms with van der Waals surface area (Å²) in [5, 5.41) is 4.04. The van der Waals surface area contributed by atoms with E-state index in [1.807, 2.05) is 30.5 Å². The van der Waals surface area contributed by atoms with Crippen molar-refractivity contribution < 1.29 is 9.53 Å². The van der Waals surface area contributed by atoms with Crippen molar-refractivity contribution in [1.82, 2.24) is 10.3 Å². The number of nitrogens with one attached hydrogen (secondary N) is 2. The molecule has 4 heteroatoms. The Morgan fingerprint density at radius 1 is 1.44 bits per heavy atom. The molecule has 2 N–H and O–H groups in total. The Morgan fingerprint density at radius 2 is 2.39 bits per heavy atom. The Balaban J connectivity index is 1.67. The van der Waals surface area contributed by atoms with E-state index in [-0.39, 0.29) is 12.0 Å². The van der Waals surface area contributed by atoms with Crippen LogP contribution >= 0.6 is 0 Å². The van der Waals surface area contributed by atoms with Crippen molar-refractivity contribution in [1.29, 1.82) is 0 Å². The lowest BCUT2D eigenvalue weighted by Gasteiger charge is -2.10. The van der Waals surface area contributed by atoms with Crippen molar-refractivity contribution in [2.45, 2.75) is 18.9 Å². The summed E-state index contributed by atoms with van der Waals surface area (Å²) in [5.74, 6) is -0.0398. The Kier molecular flexibility index (Phi) is 3.02. The van der Waals surface area contributed by atoms with Gasteiger partial charge in [-0.1, -0.05) is 6.07 Å². The minimum atomic E-state index is -0.0398. The molecule has 4 nitrogen and oxygen atoms in total. The molecule has 0 spiro atoms. The summed E-state index contributed by atoms with van der Waals surface area (Å²) in [6.45, 7) is 1.41. The minimum absolute atomic E-state index is 0.0398. The van der Waals surface area contributed by atoms with E-state index < -0.39 is 0 Å². The average Bonchev–Trinajstić information content (AvgIpc) is 3.05. The molecule has 1 atom stereocenters. The number of H-pyrrole nitrogens is 1. The van der Waals surface area contributed by atoms with E-state index in [4.69, 9.17) is 4.74 Å². The average molecular weight is 244 g/mol. The zero-order valence-corrected chi connectivity index (χ0v) is 10.1. The van der Waals surface area contributed by atoms with Crippen LogP contribution in [0.2, 0.25) is 0 Å². The molecule has 1 aromatic carbocycles. The number of benzene rings is 1. The largest absolute Gasteiger partial charge is 0.376 e. The highest BCUT2D eigenvalue weighted by Crippen LogP contribution is 2.14. The molecule has 0 bridgehead atoms. The molecule has 0 saturated carbocycles. The first-order chi connectivity index (χ1) is 8.83. The second-order valence-electron chi connectivity index (χ2n) is 4.62. The second kappa shape index (κ2) is 4.82. The van der Waals surface area contributed by atoms with Crippen LogP contribution in [-0.2, 0) is 4.74 Å². The van der Waals surface area contributed by atoms with Gasteiger partial charge in [0.15, 0.2) is 0 Å². The smallest absolute Gasteiger partial charge is 0.251 e. The van der Waals surface area contributed by atoms with Crippen molar-refractivity contribution >= 4 is 16.8 Å². The van der Waals surface area contributed by atoms with E-state index in [1.165, 1.54) is 0 Å². The molecule has 94 valence electrons. The highest BCUT2D eigenvalue weighted by Gasteiger charge is 2.16. The Bertz CT molecular complexity index is 556. The number of carbonyl (C=O) groups is 1. The van der Waals surface area contributed by atoms with Gasteiger partial charge >= 0.3 is 0 Å². The van der Waals surface area contributed by atoms with E-state index in [2.05, 4.69) is 10.3 Å². The number of amides is 1. The van der Waals surface area contributed by atoms with Crippen LogP contribution in [0, 0.1) is 0 Å². The Morgan fingerprint density at radius 3 is 3.22 bits per heavy atom. The van der Waals surface area contributed by atoms with E-state index >= 15 is 0 Å². The van der Waals surface area contributed by atoms with Crippen LogP contribution in [0.4, 0.5) is 0 Å². The fourth-order valence-electron chi connectivity index (χ4n) is 2.30. The third-order valence-corrected chi connectivity index (χ3v) is 3.33. The van der Waals surface area contributed by atoms with Gasteiger partial charge in [0, 0.05) is 30.4 Å². The van der Waals surface area contributed by atoms with Crippen molar-refractivity contribution in [2.75, 3.05) is 13.2 Å². The van der Waals surface area contributed by atoms with Crippen molar-refractivity contribution in [2.24, 2.45) is 0 Å². The number of ether oxygens (including phenoxy) is 1. The summed E-state index contributed by atoms with van der Waals surface area (Å²) < 4.78 is 5.48. The molecule has 2 heterocycles. The van der Waals surface area contributed by atoms with Crippen LogP contribution in [0.1, 0.15) is 23.2 Å². The topological polar surface area (TPSA) is 54.1 Å². The maximum atomic E-state index is 12.0. The zero-order valence-electron chi connectivity index (χ0n) is 10.1. The van der Waals surface area contributed by atoms with Crippen molar-refractivity contribution in [3.8, 4) is 0 Å². The van der Waals surface area contributed by atoms with Crippen LogP contribution in [0.25, 0.3) is 10.9 Å². The molecule has 1 aromatic heterocycles. The van der Waals surface area contributed by atoms with Gasteiger partial charge in [-0.15, -0.1) is 0 Å². The van der Waals surface area contributed by atoms with Crippen molar-refractivity contribution in [3.63, 3.8) is 0 Å². The molecule has 0 unspecified atom stereocenters. The van der Waals surface area contributed by atoms with Crippen LogP contribution in [0.15, 0.2) is 30.5 Å². The van der Waals surface area contributed by atoms with Gasteiger partial charge in [-0.3, -0.25) is 4.79 Å². The van der Waals surface area contributed by atoms with E-state index in [1.54, 1.807) is 0 Å². The van der Waals surface area contributed by atoms with Crippen molar-refractivity contribution in [3.05, 3.63) is 36.0 Å². The fraction of sp³-hybridized carbons (Fsp3) is 0.357. The number of aromatic nitrogens is 1.